The van der Waals surface area contributed by atoms with Gasteiger partial charge in [0.15, 0.2) is 16.3 Å². The van der Waals surface area contributed by atoms with Crippen LogP contribution in [0.3, 0.4) is 0 Å². The molecular weight excluding hydrogens is 528 g/mol. The number of carbonyl (C=O) groups excluding carboxylic acids is 1. The van der Waals surface area contributed by atoms with Crippen molar-refractivity contribution < 1.29 is 23.7 Å². The molecule has 2 aromatic carbocycles. The molecule has 1 aliphatic heterocycles. The molecule has 8 nitrogen and oxygen atoms in total. The third kappa shape index (κ3) is 6.60. The third-order valence-electron chi connectivity index (χ3n) is 6.36. The maximum Gasteiger partial charge on any atom is 0.338 e. The van der Waals surface area contributed by atoms with Crippen LogP contribution in [0.1, 0.15) is 43.9 Å². The van der Waals surface area contributed by atoms with Gasteiger partial charge in [0.2, 0.25) is 0 Å². The number of benzene rings is 2. The second-order valence-electron chi connectivity index (χ2n) is 9.11. The fraction of sp³-hybridized carbons (Fsp3) is 0.323. The van der Waals surface area contributed by atoms with Crippen LogP contribution in [0.5, 0.6) is 11.5 Å². The number of hydrogen-bond acceptors (Lipinski definition) is 8. The summed E-state index contributed by atoms with van der Waals surface area (Å²) in [6.07, 6.45) is 7.47. The zero-order valence-corrected chi connectivity index (χ0v) is 24.0. The second kappa shape index (κ2) is 13.9. The number of carbonyl (C=O) groups is 1. The molecule has 9 heteroatoms. The summed E-state index contributed by atoms with van der Waals surface area (Å²) >= 11 is 1.28. The number of thiazole rings is 1. The van der Waals surface area contributed by atoms with Crippen molar-refractivity contribution in [2.75, 3.05) is 34.0 Å². The molecule has 0 N–H and O–H groups in total. The quantitative estimate of drug-likeness (QED) is 0.242. The minimum absolute atomic E-state index is 0.0844. The monoisotopic (exact) mass is 562 g/mol. The molecular formula is C31H34N2O6S. The number of nitrogens with zero attached hydrogens (tertiary/aromatic N) is 2. The van der Waals surface area contributed by atoms with Gasteiger partial charge in [0.25, 0.3) is 5.56 Å². The first-order chi connectivity index (χ1) is 19.5. The summed E-state index contributed by atoms with van der Waals surface area (Å²) in [6, 6.07) is 14.5. The number of unbranched alkanes of at least 4 members (excludes halogenated alkanes) is 1. The minimum atomic E-state index is -0.759. The van der Waals surface area contributed by atoms with Crippen molar-refractivity contribution in [3.8, 4) is 11.5 Å². The van der Waals surface area contributed by atoms with E-state index in [4.69, 9.17) is 18.9 Å². The van der Waals surface area contributed by atoms with Crippen LogP contribution in [0.25, 0.3) is 12.2 Å². The first kappa shape index (κ1) is 29.0. The van der Waals surface area contributed by atoms with E-state index in [2.05, 4.69) is 11.9 Å². The Bertz CT molecular complexity index is 1570. The van der Waals surface area contributed by atoms with Crippen molar-refractivity contribution in [3.63, 3.8) is 0 Å². The number of methoxy groups -OCH3 is 2. The fourth-order valence-electron chi connectivity index (χ4n) is 4.32. The predicted octanol–water partition coefficient (Wildman–Crippen LogP) is 4.28. The molecule has 210 valence electrons. The average molecular weight is 563 g/mol. The van der Waals surface area contributed by atoms with Gasteiger partial charge in [-0.15, -0.1) is 0 Å². The Morgan fingerprint density at radius 3 is 2.60 bits per heavy atom. The third-order valence-corrected chi connectivity index (χ3v) is 7.36. The Kier molecular flexibility index (Phi) is 10.1. The van der Waals surface area contributed by atoms with E-state index in [1.54, 1.807) is 30.7 Å². The van der Waals surface area contributed by atoms with Crippen LogP contribution in [-0.2, 0) is 14.3 Å². The van der Waals surface area contributed by atoms with E-state index < -0.39 is 12.0 Å². The van der Waals surface area contributed by atoms with Crippen LogP contribution < -0.4 is 24.4 Å². The van der Waals surface area contributed by atoms with Gasteiger partial charge in [0.1, 0.15) is 6.61 Å². The van der Waals surface area contributed by atoms with Crippen LogP contribution in [0.4, 0.5) is 0 Å². The van der Waals surface area contributed by atoms with Gasteiger partial charge >= 0.3 is 5.97 Å². The van der Waals surface area contributed by atoms with Crippen LogP contribution in [-0.4, -0.2) is 44.6 Å². The van der Waals surface area contributed by atoms with Crippen molar-refractivity contribution >= 4 is 29.5 Å². The summed E-state index contributed by atoms with van der Waals surface area (Å²) in [5.74, 6) is 0.565. The molecule has 1 aliphatic rings. The van der Waals surface area contributed by atoms with Crippen LogP contribution in [0.15, 0.2) is 75.7 Å². The normalized spacial score (nSPS) is 15.2. The van der Waals surface area contributed by atoms with Crippen molar-refractivity contribution in [1.29, 1.82) is 0 Å². The van der Waals surface area contributed by atoms with Gasteiger partial charge in [-0.2, -0.15) is 0 Å². The number of fused-ring (bicyclic) bond motifs is 1. The lowest BCUT2D eigenvalue weighted by atomic mass is 9.95. The molecule has 1 aromatic heterocycles. The summed E-state index contributed by atoms with van der Waals surface area (Å²) in [7, 11) is 3.10. The van der Waals surface area contributed by atoms with Crippen molar-refractivity contribution in [1.82, 2.24) is 4.57 Å². The standard InChI is InChI=1S/C31H34N2O6S/c1-5-6-17-38-24-16-15-23(20-25(24)37-4)28-27(30(35)39-19-18-36-3)21(2)32-31-33(28)29(34)26(40-31)14-10-13-22-11-8-7-9-12-22/h7-16,20,28H,5-6,17-19H2,1-4H3. The number of aromatic nitrogens is 1. The Labute approximate surface area is 237 Å². The lowest BCUT2D eigenvalue weighted by Crippen LogP contribution is -2.40. The highest BCUT2D eigenvalue weighted by Crippen LogP contribution is 2.36. The molecule has 0 spiro atoms. The van der Waals surface area contributed by atoms with E-state index in [0.717, 1.165) is 18.4 Å². The van der Waals surface area contributed by atoms with Gasteiger partial charge in [0.05, 0.1) is 42.2 Å². The highest BCUT2D eigenvalue weighted by molar-refractivity contribution is 7.07. The average Bonchev–Trinajstić information content (AvgIpc) is 3.27. The highest BCUT2D eigenvalue weighted by atomic mass is 32.1. The molecule has 0 saturated carbocycles. The Morgan fingerprint density at radius 2 is 1.88 bits per heavy atom. The maximum absolute atomic E-state index is 13.8. The topological polar surface area (TPSA) is 88.4 Å². The molecule has 1 atom stereocenters. The SMILES string of the molecule is CCCCOc1ccc(C2C(C(=O)OCCOC)=C(C)N=c3sc(=CC=Cc4ccccc4)c(=O)n32)cc1OC. The lowest BCUT2D eigenvalue weighted by molar-refractivity contribution is -0.140. The molecule has 3 aromatic rings. The number of hydrogen-bond donors (Lipinski definition) is 0. The maximum atomic E-state index is 13.8. The van der Waals surface area contributed by atoms with E-state index in [1.165, 1.54) is 18.4 Å². The molecule has 0 fully saturated rings. The molecule has 0 bridgehead atoms. The van der Waals surface area contributed by atoms with Gasteiger partial charge in [-0.05, 0) is 42.7 Å². The Hall–Kier alpha value is -3.95. The summed E-state index contributed by atoms with van der Waals surface area (Å²) in [5, 5.41) is 0. The first-order valence-corrected chi connectivity index (χ1v) is 14.0. The van der Waals surface area contributed by atoms with Crippen molar-refractivity contribution in [2.24, 2.45) is 4.99 Å². The first-order valence-electron chi connectivity index (χ1n) is 13.2. The molecule has 0 saturated heterocycles. The van der Waals surface area contributed by atoms with Gasteiger partial charge in [-0.25, -0.2) is 9.79 Å². The molecule has 40 heavy (non-hydrogen) atoms. The minimum Gasteiger partial charge on any atom is -0.493 e. The van der Waals surface area contributed by atoms with Crippen molar-refractivity contribution in [2.45, 2.75) is 32.7 Å². The Morgan fingerprint density at radius 1 is 1.07 bits per heavy atom. The van der Waals surface area contributed by atoms with Crippen LogP contribution in [0, 0.1) is 0 Å². The molecule has 4 rings (SSSR count). The Balaban J connectivity index is 1.81. The van der Waals surface area contributed by atoms with E-state index in [-0.39, 0.29) is 24.3 Å². The molecule has 2 heterocycles. The van der Waals surface area contributed by atoms with Gasteiger partial charge in [0, 0.05) is 7.11 Å². The van der Waals surface area contributed by atoms with Crippen LogP contribution in [0.2, 0.25) is 0 Å². The number of allylic oxidation sites excluding steroid dienone is 2. The lowest BCUT2D eigenvalue weighted by Gasteiger charge is -2.25. The predicted molar refractivity (Wildman–Crippen MR) is 156 cm³/mol. The van der Waals surface area contributed by atoms with E-state index in [0.29, 0.717) is 38.7 Å². The second-order valence-corrected chi connectivity index (χ2v) is 10.1. The van der Waals surface area contributed by atoms with Gasteiger partial charge in [-0.3, -0.25) is 9.36 Å². The largest absolute Gasteiger partial charge is 0.493 e. The van der Waals surface area contributed by atoms with Gasteiger partial charge in [-0.1, -0.05) is 73.2 Å². The number of rotatable bonds is 12. The van der Waals surface area contributed by atoms with E-state index in [9.17, 15) is 9.59 Å². The smallest absolute Gasteiger partial charge is 0.338 e. The summed E-state index contributed by atoms with van der Waals surface area (Å²) in [4.78, 5) is 32.2. The van der Waals surface area contributed by atoms with E-state index >= 15 is 0 Å². The fourth-order valence-corrected chi connectivity index (χ4v) is 5.32. The highest BCUT2D eigenvalue weighted by Gasteiger charge is 2.34. The number of ether oxygens (including phenoxy) is 4. The summed E-state index contributed by atoms with van der Waals surface area (Å²) < 4.78 is 24.1. The molecule has 0 amide bonds. The van der Waals surface area contributed by atoms with Crippen LogP contribution >= 0.6 is 11.3 Å². The van der Waals surface area contributed by atoms with E-state index in [1.807, 2.05) is 54.6 Å². The zero-order chi connectivity index (χ0) is 28.5. The zero-order valence-electron chi connectivity index (χ0n) is 23.2. The summed E-state index contributed by atoms with van der Waals surface area (Å²) in [5.41, 5.74) is 2.23. The van der Waals surface area contributed by atoms with Gasteiger partial charge < -0.3 is 18.9 Å². The van der Waals surface area contributed by atoms with Crippen molar-refractivity contribution in [3.05, 3.63) is 96.7 Å². The molecule has 0 aliphatic carbocycles. The number of esters is 1. The summed E-state index contributed by atoms with van der Waals surface area (Å²) in [6.45, 7) is 4.76. The molecule has 0 radical (unpaired) electrons. The molecule has 1 unspecified atom stereocenters.